The third-order valence-corrected chi connectivity index (χ3v) is 9.20. The highest BCUT2D eigenvalue weighted by molar-refractivity contribution is 7.99. The zero-order chi connectivity index (χ0) is 29.4. The normalized spacial score (nSPS) is 12.8. The number of aromatic nitrogens is 3. The number of thiophene rings is 1. The summed E-state index contributed by atoms with van der Waals surface area (Å²) in [7, 11) is 0. The van der Waals surface area contributed by atoms with Crippen molar-refractivity contribution in [3.8, 4) is 5.69 Å². The molecule has 2 N–H and O–H groups in total. The first kappa shape index (κ1) is 27.7. The molecule has 1 aliphatic carbocycles. The SMILES string of the molecule is CCOC(=O)c1c(NC(=O)CSc2nc3c([nH]c4ccccc43)c(=O)n2-c2ccc([N+](=O)[O-])cc2)sc2c1CCCC2. The second kappa shape index (κ2) is 11.4. The number of nitrogens with one attached hydrogen (secondary N) is 2. The fourth-order valence-electron chi connectivity index (χ4n) is 5.16. The molecule has 0 spiro atoms. The highest BCUT2D eigenvalue weighted by Crippen LogP contribution is 2.39. The molecule has 2 aromatic carbocycles. The number of H-pyrrole nitrogens is 1. The maximum atomic E-state index is 13.8. The third kappa shape index (κ3) is 5.05. The average molecular weight is 604 g/mol. The van der Waals surface area contributed by atoms with Crippen LogP contribution in [0.4, 0.5) is 10.7 Å². The highest BCUT2D eigenvalue weighted by atomic mass is 32.2. The van der Waals surface area contributed by atoms with Crippen LogP contribution in [0, 0.1) is 10.1 Å². The molecular weight excluding hydrogens is 578 g/mol. The van der Waals surface area contributed by atoms with Crippen molar-refractivity contribution < 1.29 is 19.2 Å². The minimum absolute atomic E-state index is 0.0991. The number of nitro benzene ring substituents is 1. The summed E-state index contributed by atoms with van der Waals surface area (Å²) in [5.41, 5.74) is 2.72. The van der Waals surface area contributed by atoms with Crippen LogP contribution in [0.15, 0.2) is 58.5 Å². The number of anilines is 1. The van der Waals surface area contributed by atoms with Crippen LogP contribution in [-0.4, -0.2) is 43.7 Å². The lowest BCUT2D eigenvalue weighted by Gasteiger charge is -2.13. The standard InChI is InChI=1S/C29H25N5O6S2/c1-2-40-28(37)23-19-8-4-6-10-21(19)42-26(23)31-22(35)15-41-29-32-24-18-7-3-5-9-20(18)30-25(24)27(36)33(29)16-11-13-17(14-12-16)34(38)39/h3,5,7,9,11-14,30H,2,4,6,8,10,15H2,1H3,(H,31,35). The predicted molar refractivity (Wildman–Crippen MR) is 162 cm³/mol. The van der Waals surface area contributed by atoms with E-state index in [9.17, 15) is 24.5 Å². The lowest BCUT2D eigenvalue weighted by molar-refractivity contribution is -0.384. The van der Waals surface area contributed by atoms with Gasteiger partial charge in [0.2, 0.25) is 5.91 Å². The summed E-state index contributed by atoms with van der Waals surface area (Å²) in [6, 6.07) is 13.0. The Morgan fingerprint density at radius 3 is 2.69 bits per heavy atom. The molecule has 42 heavy (non-hydrogen) atoms. The molecule has 1 amide bonds. The van der Waals surface area contributed by atoms with E-state index in [0.717, 1.165) is 58.8 Å². The van der Waals surface area contributed by atoms with E-state index in [2.05, 4.69) is 10.3 Å². The number of amides is 1. The Kier molecular flexibility index (Phi) is 7.52. The second-order valence-electron chi connectivity index (χ2n) is 9.67. The molecular formula is C29H25N5O6S2. The summed E-state index contributed by atoms with van der Waals surface area (Å²) in [5.74, 6) is -0.913. The van der Waals surface area contributed by atoms with Crippen LogP contribution in [0.5, 0.6) is 0 Å². The highest BCUT2D eigenvalue weighted by Gasteiger charge is 2.27. The van der Waals surface area contributed by atoms with E-state index in [1.807, 2.05) is 24.3 Å². The predicted octanol–water partition coefficient (Wildman–Crippen LogP) is 5.62. The monoisotopic (exact) mass is 603 g/mol. The van der Waals surface area contributed by atoms with Gasteiger partial charge in [0, 0.05) is 27.9 Å². The molecule has 0 saturated heterocycles. The summed E-state index contributed by atoms with van der Waals surface area (Å²) in [6.45, 7) is 1.97. The average Bonchev–Trinajstić information content (AvgIpc) is 3.54. The molecule has 0 bridgehead atoms. The molecule has 214 valence electrons. The van der Waals surface area contributed by atoms with Gasteiger partial charge in [-0.2, -0.15) is 0 Å². The number of non-ortho nitro benzene ring substituents is 1. The van der Waals surface area contributed by atoms with Crippen molar-refractivity contribution in [1.82, 2.24) is 14.5 Å². The van der Waals surface area contributed by atoms with Crippen molar-refractivity contribution >= 4 is 67.6 Å². The molecule has 1 aliphatic rings. The van der Waals surface area contributed by atoms with E-state index >= 15 is 0 Å². The van der Waals surface area contributed by atoms with Gasteiger partial charge in [-0.15, -0.1) is 11.3 Å². The number of hydrogen-bond donors (Lipinski definition) is 2. The molecule has 3 heterocycles. The van der Waals surface area contributed by atoms with E-state index in [-0.39, 0.29) is 34.6 Å². The van der Waals surface area contributed by atoms with Crippen molar-refractivity contribution in [2.45, 2.75) is 37.8 Å². The number of para-hydroxylation sites is 1. The zero-order valence-electron chi connectivity index (χ0n) is 22.5. The van der Waals surface area contributed by atoms with Gasteiger partial charge >= 0.3 is 5.97 Å². The fourth-order valence-corrected chi connectivity index (χ4v) is 7.26. The number of fused-ring (bicyclic) bond motifs is 4. The van der Waals surface area contributed by atoms with Crippen molar-refractivity contribution in [2.75, 3.05) is 17.7 Å². The summed E-state index contributed by atoms with van der Waals surface area (Å²) < 4.78 is 6.63. The van der Waals surface area contributed by atoms with Crippen LogP contribution in [0.3, 0.4) is 0 Å². The minimum atomic E-state index is -0.515. The first-order valence-corrected chi connectivity index (χ1v) is 15.2. The van der Waals surface area contributed by atoms with Crippen LogP contribution < -0.4 is 10.9 Å². The van der Waals surface area contributed by atoms with E-state index in [1.165, 1.54) is 40.2 Å². The number of hydrogen-bond acceptors (Lipinski definition) is 9. The molecule has 13 heteroatoms. The van der Waals surface area contributed by atoms with Crippen molar-refractivity contribution in [2.24, 2.45) is 0 Å². The largest absolute Gasteiger partial charge is 0.462 e. The summed E-state index contributed by atoms with van der Waals surface area (Å²) in [4.78, 5) is 59.5. The Bertz CT molecular complexity index is 1930. The van der Waals surface area contributed by atoms with Crippen LogP contribution >= 0.6 is 23.1 Å². The lowest BCUT2D eigenvalue weighted by atomic mass is 9.95. The summed E-state index contributed by atoms with van der Waals surface area (Å²) in [6.07, 6.45) is 3.62. The van der Waals surface area contributed by atoms with Crippen LogP contribution in [0.1, 0.15) is 40.6 Å². The van der Waals surface area contributed by atoms with Gasteiger partial charge < -0.3 is 15.0 Å². The van der Waals surface area contributed by atoms with Gasteiger partial charge in [-0.3, -0.25) is 24.3 Å². The Morgan fingerprint density at radius 1 is 1.17 bits per heavy atom. The molecule has 0 radical (unpaired) electrons. The van der Waals surface area contributed by atoms with Gasteiger partial charge in [0.1, 0.15) is 16.0 Å². The second-order valence-corrected chi connectivity index (χ2v) is 11.7. The molecule has 0 atom stereocenters. The number of benzene rings is 2. The number of carbonyl (C=O) groups excluding carboxylic acids is 2. The molecule has 6 rings (SSSR count). The van der Waals surface area contributed by atoms with Crippen LogP contribution in [0.2, 0.25) is 0 Å². The fraction of sp³-hybridized carbons (Fsp3) is 0.241. The van der Waals surface area contributed by atoms with E-state index in [0.29, 0.717) is 21.8 Å². The molecule has 3 aromatic heterocycles. The first-order valence-electron chi connectivity index (χ1n) is 13.4. The van der Waals surface area contributed by atoms with Crippen molar-refractivity contribution in [3.63, 3.8) is 0 Å². The number of aryl methyl sites for hydroxylation is 1. The molecule has 0 fully saturated rings. The Balaban J connectivity index is 1.35. The molecule has 5 aromatic rings. The summed E-state index contributed by atoms with van der Waals surface area (Å²) in [5, 5.41) is 15.6. The van der Waals surface area contributed by atoms with E-state index in [4.69, 9.17) is 9.72 Å². The molecule has 0 saturated carbocycles. The van der Waals surface area contributed by atoms with Gasteiger partial charge in [0.05, 0.1) is 28.5 Å². The first-order chi connectivity index (χ1) is 20.4. The van der Waals surface area contributed by atoms with E-state index < -0.39 is 16.5 Å². The third-order valence-electron chi connectivity index (χ3n) is 7.05. The number of rotatable bonds is 8. The van der Waals surface area contributed by atoms with Gasteiger partial charge in [-0.1, -0.05) is 30.0 Å². The lowest BCUT2D eigenvalue weighted by Crippen LogP contribution is -2.23. The maximum Gasteiger partial charge on any atom is 0.341 e. The number of nitro groups is 1. The number of aromatic amines is 1. The minimum Gasteiger partial charge on any atom is -0.462 e. The quantitative estimate of drug-likeness (QED) is 0.0763. The number of esters is 1. The van der Waals surface area contributed by atoms with Gasteiger partial charge in [-0.05, 0) is 56.4 Å². The van der Waals surface area contributed by atoms with E-state index in [1.54, 1.807) is 6.92 Å². The van der Waals surface area contributed by atoms with Crippen LogP contribution in [0.25, 0.3) is 27.6 Å². The Hall–Kier alpha value is -4.49. The molecule has 0 unspecified atom stereocenters. The summed E-state index contributed by atoms with van der Waals surface area (Å²) >= 11 is 2.47. The Labute approximate surface area is 247 Å². The maximum absolute atomic E-state index is 13.8. The van der Waals surface area contributed by atoms with Gasteiger partial charge in [0.15, 0.2) is 5.16 Å². The topological polar surface area (TPSA) is 149 Å². The van der Waals surface area contributed by atoms with Crippen molar-refractivity contribution in [1.29, 1.82) is 0 Å². The number of nitrogens with zero attached hydrogens (tertiary/aromatic N) is 3. The van der Waals surface area contributed by atoms with Crippen LogP contribution in [-0.2, 0) is 22.4 Å². The van der Waals surface area contributed by atoms with Gasteiger partial charge in [0.25, 0.3) is 11.2 Å². The van der Waals surface area contributed by atoms with Gasteiger partial charge in [-0.25, -0.2) is 9.78 Å². The molecule has 11 nitrogen and oxygen atoms in total. The molecule has 0 aliphatic heterocycles. The number of ether oxygens (including phenoxy) is 1. The number of thioether (sulfide) groups is 1. The zero-order valence-corrected chi connectivity index (χ0v) is 24.1. The van der Waals surface area contributed by atoms with Crippen molar-refractivity contribution in [3.05, 3.63) is 85.0 Å². The number of carbonyl (C=O) groups is 2. The smallest absolute Gasteiger partial charge is 0.341 e. The Morgan fingerprint density at radius 2 is 1.93 bits per heavy atom.